The number of carbonyl (C=O) groups is 2. The standard InChI is InChI=1S/C12H24N2O3/c1-7(2)5-9(13)11(15)14-10(12(16)17)6-8(3)4/h7-10H,5-6,13H2,1-4H3,(H,14,15)(H,16,17)/t9?,10-/m1/s1. The van der Waals surface area contributed by atoms with Gasteiger partial charge in [0, 0.05) is 0 Å². The predicted octanol–water partition coefficient (Wildman–Crippen LogP) is 0.975. The molecule has 0 aliphatic carbocycles. The molecular formula is C12H24N2O3. The Kier molecular flexibility index (Phi) is 6.80. The molecule has 0 aliphatic heterocycles. The Labute approximate surface area is 103 Å². The van der Waals surface area contributed by atoms with Crippen LogP contribution >= 0.6 is 0 Å². The second-order valence-electron chi connectivity index (χ2n) is 5.27. The third-order valence-electron chi connectivity index (χ3n) is 2.38. The number of rotatable bonds is 7. The van der Waals surface area contributed by atoms with Gasteiger partial charge in [0.05, 0.1) is 6.04 Å². The molecule has 0 bridgehead atoms. The molecular weight excluding hydrogens is 220 g/mol. The summed E-state index contributed by atoms with van der Waals surface area (Å²) in [5.41, 5.74) is 5.69. The van der Waals surface area contributed by atoms with E-state index in [-0.39, 0.29) is 11.8 Å². The lowest BCUT2D eigenvalue weighted by molar-refractivity contribution is -0.142. The van der Waals surface area contributed by atoms with Gasteiger partial charge in [-0.25, -0.2) is 4.79 Å². The van der Waals surface area contributed by atoms with Gasteiger partial charge < -0.3 is 16.2 Å². The second kappa shape index (κ2) is 7.27. The molecule has 0 heterocycles. The highest BCUT2D eigenvalue weighted by Gasteiger charge is 2.24. The number of hydrogen-bond donors (Lipinski definition) is 3. The predicted molar refractivity (Wildman–Crippen MR) is 66.5 cm³/mol. The molecule has 0 radical (unpaired) electrons. The molecule has 0 aromatic rings. The number of aliphatic carboxylic acids is 1. The van der Waals surface area contributed by atoms with E-state index in [9.17, 15) is 9.59 Å². The first kappa shape index (κ1) is 15.9. The minimum absolute atomic E-state index is 0.206. The molecule has 0 aliphatic rings. The Morgan fingerprint density at radius 1 is 1.12 bits per heavy atom. The maximum absolute atomic E-state index is 11.7. The first-order valence-corrected chi connectivity index (χ1v) is 6.02. The van der Waals surface area contributed by atoms with Crippen LogP contribution in [0.3, 0.4) is 0 Å². The van der Waals surface area contributed by atoms with E-state index < -0.39 is 18.1 Å². The van der Waals surface area contributed by atoms with Gasteiger partial charge in [-0.1, -0.05) is 27.7 Å². The highest BCUT2D eigenvalue weighted by molar-refractivity contribution is 5.86. The number of amides is 1. The second-order valence-corrected chi connectivity index (χ2v) is 5.27. The molecule has 1 amide bonds. The summed E-state index contributed by atoms with van der Waals surface area (Å²) >= 11 is 0. The SMILES string of the molecule is CC(C)CC(N)C(=O)N[C@H](CC(C)C)C(=O)O. The van der Waals surface area contributed by atoms with Gasteiger partial charge in [-0.3, -0.25) is 4.79 Å². The van der Waals surface area contributed by atoms with Crippen molar-refractivity contribution in [3.8, 4) is 0 Å². The number of nitrogens with one attached hydrogen (secondary N) is 1. The van der Waals surface area contributed by atoms with Crippen LogP contribution in [0.25, 0.3) is 0 Å². The lowest BCUT2D eigenvalue weighted by Gasteiger charge is -2.20. The average molecular weight is 244 g/mol. The topological polar surface area (TPSA) is 92.4 Å². The van der Waals surface area contributed by atoms with Gasteiger partial charge in [0.25, 0.3) is 0 Å². The Hall–Kier alpha value is -1.10. The van der Waals surface area contributed by atoms with Gasteiger partial charge >= 0.3 is 5.97 Å². The largest absolute Gasteiger partial charge is 0.480 e. The molecule has 17 heavy (non-hydrogen) atoms. The molecule has 0 rings (SSSR count). The lowest BCUT2D eigenvalue weighted by Crippen LogP contribution is -2.49. The van der Waals surface area contributed by atoms with Crippen molar-refractivity contribution in [1.82, 2.24) is 5.32 Å². The minimum Gasteiger partial charge on any atom is -0.480 e. The first-order chi connectivity index (χ1) is 7.73. The van der Waals surface area contributed by atoms with Crippen molar-refractivity contribution in [2.24, 2.45) is 17.6 Å². The summed E-state index contributed by atoms with van der Waals surface area (Å²) in [6.45, 7) is 7.76. The normalized spacial score (nSPS) is 14.8. The van der Waals surface area contributed by atoms with Crippen LogP contribution in [0.4, 0.5) is 0 Å². The van der Waals surface area contributed by atoms with Gasteiger partial charge in [0.15, 0.2) is 0 Å². The van der Waals surface area contributed by atoms with Gasteiger partial charge in [0.2, 0.25) is 5.91 Å². The van der Waals surface area contributed by atoms with Gasteiger partial charge in [0.1, 0.15) is 6.04 Å². The monoisotopic (exact) mass is 244 g/mol. The maximum atomic E-state index is 11.7. The summed E-state index contributed by atoms with van der Waals surface area (Å²) in [5.74, 6) is -0.877. The van der Waals surface area contributed by atoms with Gasteiger partial charge in [-0.15, -0.1) is 0 Å². The van der Waals surface area contributed by atoms with Crippen molar-refractivity contribution in [2.45, 2.75) is 52.6 Å². The zero-order valence-electron chi connectivity index (χ0n) is 11.1. The van der Waals surface area contributed by atoms with Crippen molar-refractivity contribution in [1.29, 1.82) is 0 Å². The number of hydrogen-bond acceptors (Lipinski definition) is 3. The molecule has 1 unspecified atom stereocenters. The fourth-order valence-electron chi connectivity index (χ4n) is 1.59. The quantitative estimate of drug-likeness (QED) is 0.622. The summed E-state index contributed by atoms with van der Waals surface area (Å²) < 4.78 is 0. The van der Waals surface area contributed by atoms with Gasteiger partial charge in [-0.05, 0) is 24.7 Å². The zero-order chi connectivity index (χ0) is 13.6. The minimum atomic E-state index is -1.01. The fraction of sp³-hybridized carbons (Fsp3) is 0.833. The molecule has 5 nitrogen and oxygen atoms in total. The molecule has 2 atom stereocenters. The van der Waals surface area contributed by atoms with Crippen LogP contribution in [-0.4, -0.2) is 29.1 Å². The van der Waals surface area contributed by atoms with Crippen molar-refractivity contribution < 1.29 is 14.7 Å². The van der Waals surface area contributed by atoms with E-state index in [2.05, 4.69) is 5.32 Å². The Morgan fingerprint density at radius 2 is 1.59 bits per heavy atom. The van der Waals surface area contributed by atoms with Crippen LogP contribution in [0, 0.1) is 11.8 Å². The number of carboxylic acids is 1. The third-order valence-corrected chi connectivity index (χ3v) is 2.38. The van der Waals surface area contributed by atoms with Crippen molar-refractivity contribution >= 4 is 11.9 Å². The fourth-order valence-corrected chi connectivity index (χ4v) is 1.59. The highest BCUT2D eigenvalue weighted by Crippen LogP contribution is 2.07. The van der Waals surface area contributed by atoms with Crippen LogP contribution in [0.5, 0.6) is 0 Å². The number of carbonyl (C=O) groups excluding carboxylic acids is 1. The van der Waals surface area contributed by atoms with E-state index in [4.69, 9.17) is 10.8 Å². The van der Waals surface area contributed by atoms with Gasteiger partial charge in [-0.2, -0.15) is 0 Å². The van der Waals surface area contributed by atoms with E-state index in [0.29, 0.717) is 18.8 Å². The number of nitrogens with two attached hydrogens (primary N) is 1. The Bertz CT molecular complexity index is 264. The van der Waals surface area contributed by atoms with Crippen LogP contribution in [0.1, 0.15) is 40.5 Å². The Morgan fingerprint density at radius 3 is 1.94 bits per heavy atom. The van der Waals surface area contributed by atoms with Crippen LogP contribution in [0.2, 0.25) is 0 Å². The molecule has 0 spiro atoms. The number of carboxylic acid groups (broad SMARTS) is 1. The molecule has 100 valence electrons. The van der Waals surface area contributed by atoms with Crippen molar-refractivity contribution in [2.75, 3.05) is 0 Å². The van der Waals surface area contributed by atoms with Crippen LogP contribution in [-0.2, 0) is 9.59 Å². The maximum Gasteiger partial charge on any atom is 0.326 e. The van der Waals surface area contributed by atoms with E-state index in [1.54, 1.807) is 0 Å². The molecule has 0 saturated heterocycles. The lowest BCUT2D eigenvalue weighted by atomic mass is 10.0. The summed E-state index contributed by atoms with van der Waals surface area (Å²) in [7, 11) is 0. The van der Waals surface area contributed by atoms with Crippen LogP contribution in [0.15, 0.2) is 0 Å². The van der Waals surface area contributed by atoms with E-state index >= 15 is 0 Å². The highest BCUT2D eigenvalue weighted by atomic mass is 16.4. The molecule has 0 aromatic heterocycles. The summed E-state index contributed by atoms with van der Waals surface area (Å²) in [6.07, 6.45) is 0.968. The molecule has 5 heteroatoms. The van der Waals surface area contributed by atoms with E-state index in [1.807, 2.05) is 27.7 Å². The summed E-state index contributed by atoms with van der Waals surface area (Å²) in [5, 5.41) is 11.5. The zero-order valence-corrected chi connectivity index (χ0v) is 11.1. The smallest absolute Gasteiger partial charge is 0.326 e. The molecule has 0 saturated carbocycles. The van der Waals surface area contributed by atoms with Crippen molar-refractivity contribution in [3.05, 3.63) is 0 Å². The molecule has 0 fully saturated rings. The average Bonchev–Trinajstić information content (AvgIpc) is 2.14. The Balaban J connectivity index is 4.35. The summed E-state index contributed by atoms with van der Waals surface area (Å²) in [6, 6.07) is -1.48. The van der Waals surface area contributed by atoms with E-state index in [0.717, 1.165) is 0 Å². The van der Waals surface area contributed by atoms with Crippen LogP contribution < -0.4 is 11.1 Å². The van der Waals surface area contributed by atoms with Crippen molar-refractivity contribution in [3.63, 3.8) is 0 Å². The van der Waals surface area contributed by atoms with E-state index in [1.165, 1.54) is 0 Å². The molecule has 0 aromatic carbocycles. The summed E-state index contributed by atoms with van der Waals surface area (Å²) in [4.78, 5) is 22.6. The third kappa shape index (κ3) is 6.94. The molecule has 4 N–H and O–H groups in total. The first-order valence-electron chi connectivity index (χ1n) is 6.02.